The fourth-order valence-electron chi connectivity index (χ4n) is 5.61. The molecule has 0 fully saturated rings. The van der Waals surface area contributed by atoms with Crippen LogP contribution in [0.25, 0.3) is 11.0 Å². The van der Waals surface area contributed by atoms with Gasteiger partial charge in [-0.05, 0) is 80.5 Å². The van der Waals surface area contributed by atoms with Crippen LogP contribution in [0.2, 0.25) is 4.34 Å². The molecule has 5 rings (SSSR count). The van der Waals surface area contributed by atoms with E-state index in [9.17, 15) is 18.3 Å². The summed E-state index contributed by atoms with van der Waals surface area (Å²) in [5.74, 6) is -2.60. The van der Waals surface area contributed by atoms with E-state index in [0.717, 1.165) is 22.5 Å². The van der Waals surface area contributed by atoms with Crippen LogP contribution in [-0.4, -0.2) is 45.3 Å². The number of carbonyl (C=O) groups is 1. The Morgan fingerprint density at radius 1 is 1.27 bits per heavy atom. The molecule has 2 aromatic heterocycles. The molecule has 41 heavy (non-hydrogen) atoms. The molecule has 3 heterocycles. The van der Waals surface area contributed by atoms with Gasteiger partial charge in [0.05, 0.1) is 20.2 Å². The van der Waals surface area contributed by atoms with Crippen LogP contribution in [0.3, 0.4) is 0 Å². The summed E-state index contributed by atoms with van der Waals surface area (Å²) in [6.07, 6.45) is 0.632. The lowest BCUT2D eigenvalue weighted by Gasteiger charge is -2.30. The van der Waals surface area contributed by atoms with Crippen molar-refractivity contribution in [3.8, 4) is 0 Å². The van der Waals surface area contributed by atoms with E-state index in [1.165, 1.54) is 4.31 Å². The monoisotopic (exact) mass is 618 g/mol. The second-order valence-corrected chi connectivity index (χ2v) is 15.0. The lowest BCUT2D eigenvalue weighted by atomic mass is 9.73. The molecule has 0 bridgehead atoms. The van der Waals surface area contributed by atoms with Gasteiger partial charge in [-0.15, -0.1) is 16.4 Å². The van der Waals surface area contributed by atoms with Crippen LogP contribution < -0.4 is 0 Å². The standard InChI is InChI=1S/C29H32ClFN4O4S2/c1-6-35-21-10-9-20(25(31)26(21)32-33-35)24(29(4,5)28(36)37)22-13-19(27(30)40-22)15-34-14-17(3)11-18-8-7-16(2)12-23(18)41(34,38)39/h7-10,12-13,17,24H,6,11,14-15H2,1-5H3,(H,36,37)/t17-,24-/m0/s1. The van der Waals surface area contributed by atoms with E-state index < -0.39 is 33.1 Å². The SMILES string of the molecule is CCn1nnc2c(F)c([C@@H](c3cc(CN4C[C@@H](C)Cc5ccc(C)cc5S4(=O)=O)c(Cl)s3)C(C)(C)C(=O)O)ccc21. The molecule has 1 aliphatic rings. The van der Waals surface area contributed by atoms with Crippen LogP contribution in [-0.2, 0) is 34.3 Å². The molecule has 0 aliphatic carbocycles. The zero-order valence-electron chi connectivity index (χ0n) is 23.5. The van der Waals surface area contributed by atoms with Crippen LogP contribution in [0, 0.1) is 24.1 Å². The molecule has 4 aromatic rings. The normalized spacial score (nSPS) is 18.3. The molecule has 0 radical (unpaired) electrons. The number of hydrogen-bond donors (Lipinski definition) is 1. The molecular weight excluding hydrogens is 587 g/mol. The molecule has 2 aromatic carbocycles. The van der Waals surface area contributed by atoms with Gasteiger partial charge >= 0.3 is 5.97 Å². The minimum absolute atomic E-state index is 0.0158. The molecule has 1 aliphatic heterocycles. The van der Waals surface area contributed by atoms with E-state index in [1.54, 1.807) is 42.8 Å². The van der Waals surface area contributed by atoms with Gasteiger partial charge in [-0.1, -0.05) is 41.9 Å². The third kappa shape index (κ3) is 5.17. The molecule has 0 spiro atoms. The number of benzene rings is 2. The number of fused-ring (bicyclic) bond motifs is 2. The maximum absolute atomic E-state index is 16.0. The number of thiophene rings is 1. The average molecular weight is 619 g/mol. The number of aryl methyl sites for hydroxylation is 2. The van der Waals surface area contributed by atoms with Gasteiger partial charge in [0.15, 0.2) is 5.82 Å². The molecule has 1 N–H and O–H groups in total. The number of carboxylic acids is 1. The predicted octanol–water partition coefficient (Wildman–Crippen LogP) is 6.24. The van der Waals surface area contributed by atoms with Crippen LogP contribution in [0.1, 0.15) is 60.7 Å². The van der Waals surface area contributed by atoms with Crippen LogP contribution >= 0.6 is 22.9 Å². The number of rotatable bonds is 7. The summed E-state index contributed by atoms with van der Waals surface area (Å²) in [5.41, 5.74) is 1.51. The number of hydrogen-bond acceptors (Lipinski definition) is 6. The second-order valence-electron chi connectivity index (χ2n) is 11.4. The number of nitrogens with zero attached hydrogens (tertiary/aromatic N) is 4. The first kappa shape index (κ1) is 29.6. The van der Waals surface area contributed by atoms with Crippen molar-refractivity contribution in [1.82, 2.24) is 19.3 Å². The van der Waals surface area contributed by atoms with Crippen molar-refractivity contribution in [3.05, 3.63) is 73.7 Å². The molecule has 2 atom stereocenters. The first-order valence-corrected chi connectivity index (χ1v) is 16.0. The van der Waals surface area contributed by atoms with Crippen LogP contribution in [0.5, 0.6) is 0 Å². The number of sulfonamides is 1. The molecule has 8 nitrogen and oxygen atoms in total. The Hall–Kier alpha value is -2.86. The highest BCUT2D eigenvalue weighted by atomic mass is 35.5. The lowest BCUT2D eigenvalue weighted by molar-refractivity contribution is -0.147. The van der Waals surface area contributed by atoms with E-state index in [0.29, 0.717) is 44.7 Å². The smallest absolute Gasteiger partial charge is 0.310 e. The van der Waals surface area contributed by atoms with E-state index in [2.05, 4.69) is 10.3 Å². The zero-order valence-corrected chi connectivity index (χ0v) is 25.9. The number of carboxylic acid groups (broad SMARTS) is 1. The molecule has 218 valence electrons. The Morgan fingerprint density at radius 2 is 2.00 bits per heavy atom. The van der Waals surface area contributed by atoms with Crippen molar-refractivity contribution < 1.29 is 22.7 Å². The summed E-state index contributed by atoms with van der Waals surface area (Å²) in [5, 5.41) is 18.2. The highest BCUT2D eigenvalue weighted by molar-refractivity contribution is 7.89. The van der Waals surface area contributed by atoms with Crippen molar-refractivity contribution >= 4 is 50.0 Å². The summed E-state index contributed by atoms with van der Waals surface area (Å²) < 4.78 is 46.9. The maximum atomic E-state index is 16.0. The van der Waals surface area contributed by atoms with Crippen molar-refractivity contribution in [2.24, 2.45) is 11.3 Å². The molecule has 0 unspecified atom stereocenters. The molecule has 0 saturated heterocycles. The van der Waals surface area contributed by atoms with Crippen LogP contribution in [0.4, 0.5) is 4.39 Å². The largest absolute Gasteiger partial charge is 0.481 e. The number of halogens is 2. The first-order chi connectivity index (χ1) is 19.2. The molecular formula is C29H32ClFN4O4S2. The minimum atomic E-state index is -3.82. The van der Waals surface area contributed by atoms with Gasteiger partial charge in [-0.3, -0.25) is 4.79 Å². The summed E-state index contributed by atoms with van der Waals surface area (Å²) in [6.45, 7) is 9.65. The molecule has 12 heteroatoms. The Balaban J connectivity index is 1.59. The van der Waals surface area contributed by atoms with Crippen molar-refractivity contribution in [3.63, 3.8) is 0 Å². The Kier molecular flexibility index (Phi) is 7.78. The minimum Gasteiger partial charge on any atom is -0.481 e. The van der Waals surface area contributed by atoms with E-state index in [-0.39, 0.29) is 23.5 Å². The molecule has 0 saturated carbocycles. The third-order valence-corrected chi connectivity index (χ3v) is 11.3. The Labute approximate surface area is 247 Å². The summed E-state index contributed by atoms with van der Waals surface area (Å²) in [7, 11) is -3.82. The first-order valence-electron chi connectivity index (χ1n) is 13.4. The van der Waals surface area contributed by atoms with Gasteiger partial charge in [0, 0.05) is 30.4 Å². The predicted molar refractivity (Wildman–Crippen MR) is 157 cm³/mol. The van der Waals surface area contributed by atoms with E-state index in [4.69, 9.17) is 11.6 Å². The topological polar surface area (TPSA) is 105 Å². The Bertz CT molecular complexity index is 1770. The van der Waals surface area contributed by atoms with E-state index >= 15 is 4.39 Å². The van der Waals surface area contributed by atoms with Crippen molar-refractivity contribution in [1.29, 1.82) is 0 Å². The summed E-state index contributed by atoms with van der Waals surface area (Å²) in [6, 6.07) is 10.5. The Morgan fingerprint density at radius 3 is 2.68 bits per heavy atom. The lowest BCUT2D eigenvalue weighted by Crippen LogP contribution is -2.33. The third-order valence-electron chi connectivity index (χ3n) is 7.87. The van der Waals surface area contributed by atoms with Crippen LogP contribution in [0.15, 0.2) is 41.3 Å². The maximum Gasteiger partial charge on any atom is 0.310 e. The summed E-state index contributed by atoms with van der Waals surface area (Å²) >= 11 is 7.85. The van der Waals surface area contributed by atoms with Gasteiger partial charge < -0.3 is 5.11 Å². The molecule has 0 amide bonds. The van der Waals surface area contributed by atoms with Crippen molar-refractivity contribution in [2.45, 2.75) is 64.9 Å². The van der Waals surface area contributed by atoms with Gasteiger partial charge in [-0.25, -0.2) is 17.5 Å². The van der Waals surface area contributed by atoms with Gasteiger partial charge in [0.2, 0.25) is 10.0 Å². The highest BCUT2D eigenvalue weighted by Gasteiger charge is 2.42. The van der Waals surface area contributed by atoms with Gasteiger partial charge in [0.25, 0.3) is 0 Å². The summed E-state index contributed by atoms with van der Waals surface area (Å²) in [4.78, 5) is 13.3. The fourth-order valence-corrected chi connectivity index (χ4v) is 9.05. The second kappa shape index (κ2) is 10.8. The van der Waals surface area contributed by atoms with Gasteiger partial charge in [-0.2, -0.15) is 4.31 Å². The van der Waals surface area contributed by atoms with Gasteiger partial charge in [0.1, 0.15) is 5.52 Å². The zero-order chi connectivity index (χ0) is 29.9. The number of aliphatic carboxylic acids is 1. The highest BCUT2D eigenvalue weighted by Crippen LogP contribution is 2.47. The fraction of sp³-hybridized carbons (Fsp3) is 0.414. The average Bonchev–Trinajstić information content (AvgIpc) is 3.46. The number of aromatic nitrogens is 3. The van der Waals surface area contributed by atoms with E-state index in [1.807, 2.05) is 32.9 Å². The quantitative estimate of drug-likeness (QED) is 0.263. The van der Waals surface area contributed by atoms with Crippen molar-refractivity contribution in [2.75, 3.05) is 6.54 Å².